The van der Waals surface area contributed by atoms with E-state index in [1.807, 2.05) is 61.5 Å². The molecule has 0 aliphatic rings. The van der Waals surface area contributed by atoms with Crippen molar-refractivity contribution < 1.29 is 22.7 Å². The summed E-state index contributed by atoms with van der Waals surface area (Å²) in [7, 11) is -2.68. The summed E-state index contributed by atoms with van der Waals surface area (Å²) < 4.78 is 35.1. The van der Waals surface area contributed by atoms with Crippen LogP contribution in [0.3, 0.4) is 0 Å². The number of carbonyl (C=O) groups excluding carboxylic acids is 2. The molecule has 0 saturated carbocycles. The molecule has 0 fully saturated rings. The van der Waals surface area contributed by atoms with E-state index in [-0.39, 0.29) is 29.5 Å². The molecule has 0 spiro atoms. The molecule has 1 N–H and O–H groups in total. The molecule has 0 unspecified atom stereocenters. The van der Waals surface area contributed by atoms with E-state index in [9.17, 15) is 18.0 Å². The molecule has 43 heavy (non-hydrogen) atoms. The Morgan fingerprint density at radius 1 is 0.837 bits per heavy atom. The number of aryl methyl sites for hydroxylation is 1. The van der Waals surface area contributed by atoms with Gasteiger partial charge in [-0.05, 0) is 54.8 Å². The number of hydrogen-bond donors (Lipinski definition) is 1. The molecule has 4 rings (SSSR count). The summed E-state index contributed by atoms with van der Waals surface area (Å²) in [5.74, 6) is -0.550. The van der Waals surface area contributed by atoms with E-state index in [1.165, 1.54) is 24.1 Å². The van der Waals surface area contributed by atoms with Crippen LogP contribution in [0, 0.1) is 6.92 Å². The van der Waals surface area contributed by atoms with Gasteiger partial charge in [-0.3, -0.25) is 13.9 Å². The Hall–Kier alpha value is -4.63. The summed E-state index contributed by atoms with van der Waals surface area (Å²) in [6, 6.07) is 30.9. The van der Waals surface area contributed by atoms with Crippen molar-refractivity contribution in [1.82, 2.24) is 10.2 Å². The van der Waals surface area contributed by atoms with Gasteiger partial charge in [0.25, 0.3) is 10.0 Å². The third-order valence-electron chi connectivity index (χ3n) is 7.16. The molecule has 0 heterocycles. The quantitative estimate of drug-likeness (QED) is 0.234. The van der Waals surface area contributed by atoms with Crippen molar-refractivity contribution >= 4 is 27.5 Å². The first-order valence-electron chi connectivity index (χ1n) is 14.1. The predicted octanol–water partition coefficient (Wildman–Crippen LogP) is 4.98. The molecular formula is C34H37N3O5S. The summed E-state index contributed by atoms with van der Waals surface area (Å²) in [5.41, 5.74) is 2.90. The Bertz CT molecular complexity index is 1630. The van der Waals surface area contributed by atoms with Gasteiger partial charge in [-0.1, -0.05) is 84.9 Å². The van der Waals surface area contributed by atoms with Crippen LogP contribution >= 0.6 is 0 Å². The van der Waals surface area contributed by atoms with Crippen LogP contribution in [0.4, 0.5) is 5.69 Å². The third kappa shape index (κ3) is 7.61. The summed E-state index contributed by atoms with van der Waals surface area (Å²) in [6.07, 6.45) is 0.249. The smallest absolute Gasteiger partial charge is 0.264 e. The molecule has 4 aromatic carbocycles. The van der Waals surface area contributed by atoms with Crippen LogP contribution < -0.4 is 14.4 Å². The highest BCUT2D eigenvalue weighted by atomic mass is 32.2. The predicted molar refractivity (Wildman–Crippen MR) is 168 cm³/mol. The molecule has 0 bridgehead atoms. The Morgan fingerprint density at radius 3 is 2.09 bits per heavy atom. The van der Waals surface area contributed by atoms with Crippen LogP contribution in [-0.4, -0.2) is 51.4 Å². The first kappa shape index (κ1) is 31.3. The van der Waals surface area contributed by atoms with Crippen LogP contribution in [0.5, 0.6) is 5.75 Å². The lowest BCUT2D eigenvalue weighted by Crippen LogP contribution is -2.53. The number of anilines is 1. The van der Waals surface area contributed by atoms with Crippen molar-refractivity contribution in [2.75, 3.05) is 24.5 Å². The zero-order chi connectivity index (χ0) is 30.8. The normalized spacial score (nSPS) is 11.8. The van der Waals surface area contributed by atoms with E-state index < -0.39 is 28.5 Å². The second-order valence-electron chi connectivity index (χ2n) is 9.99. The van der Waals surface area contributed by atoms with E-state index >= 15 is 0 Å². The second-order valence-corrected chi connectivity index (χ2v) is 11.9. The highest BCUT2D eigenvalue weighted by molar-refractivity contribution is 7.92. The van der Waals surface area contributed by atoms with Gasteiger partial charge in [0, 0.05) is 20.0 Å². The fraction of sp³-hybridized carbons (Fsp3) is 0.235. The minimum Gasteiger partial charge on any atom is -0.492 e. The van der Waals surface area contributed by atoms with Crippen molar-refractivity contribution in [3.05, 3.63) is 126 Å². The van der Waals surface area contributed by atoms with E-state index in [0.29, 0.717) is 12.4 Å². The number of nitrogens with one attached hydrogen (secondary N) is 1. The van der Waals surface area contributed by atoms with Crippen LogP contribution in [0.25, 0.3) is 0 Å². The third-order valence-corrected chi connectivity index (χ3v) is 8.94. The number of ether oxygens (including phenoxy) is 1. The van der Waals surface area contributed by atoms with Crippen molar-refractivity contribution in [3.8, 4) is 5.75 Å². The van der Waals surface area contributed by atoms with Crippen molar-refractivity contribution in [2.45, 2.75) is 37.8 Å². The summed E-state index contributed by atoms with van der Waals surface area (Å²) in [4.78, 5) is 29.3. The highest BCUT2D eigenvalue weighted by Crippen LogP contribution is 2.33. The Morgan fingerprint density at radius 2 is 1.44 bits per heavy atom. The van der Waals surface area contributed by atoms with E-state index in [1.54, 1.807) is 49.4 Å². The van der Waals surface area contributed by atoms with Gasteiger partial charge in [-0.25, -0.2) is 8.42 Å². The average Bonchev–Trinajstić information content (AvgIpc) is 3.03. The van der Waals surface area contributed by atoms with E-state index in [4.69, 9.17) is 4.74 Å². The summed E-state index contributed by atoms with van der Waals surface area (Å²) in [6.45, 7) is 3.62. The van der Waals surface area contributed by atoms with Gasteiger partial charge in [0.1, 0.15) is 18.3 Å². The van der Waals surface area contributed by atoms with Gasteiger partial charge in [-0.2, -0.15) is 0 Å². The van der Waals surface area contributed by atoms with Gasteiger partial charge in [0.05, 0.1) is 17.2 Å². The molecule has 9 heteroatoms. The Kier molecular flexibility index (Phi) is 10.6. The second kappa shape index (κ2) is 14.5. The number of nitrogens with zero attached hydrogens (tertiary/aromatic N) is 2. The standard InChI is InChI=1S/C34H37N3O5S/c1-4-42-32-22-14-13-21-30(32)37(43(40,41)29-19-9-6-10-20-29)25-33(38)36(24-28-18-12-11-15-26(28)2)31(34(39)35-3)23-27-16-7-5-8-17-27/h5-22,31H,4,23-25H2,1-3H3,(H,35,39)/t31-/m1/s1. The number of amides is 2. The largest absolute Gasteiger partial charge is 0.492 e. The van der Waals surface area contributed by atoms with Crippen LogP contribution in [0.1, 0.15) is 23.6 Å². The molecule has 0 aliphatic heterocycles. The number of benzene rings is 4. The van der Waals surface area contributed by atoms with Gasteiger partial charge >= 0.3 is 0 Å². The monoisotopic (exact) mass is 599 g/mol. The van der Waals surface area contributed by atoms with Crippen molar-refractivity contribution in [1.29, 1.82) is 0 Å². The maximum Gasteiger partial charge on any atom is 0.264 e. The lowest BCUT2D eigenvalue weighted by Gasteiger charge is -2.34. The lowest BCUT2D eigenvalue weighted by molar-refractivity contribution is -0.139. The molecule has 0 saturated heterocycles. The zero-order valence-corrected chi connectivity index (χ0v) is 25.5. The molecular weight excluding hydrogens is 562 g/mol. The number of para-hydroxylation sites is 2. The number of rotatable bonds is 13. The summed E-state index contributed by atoms with van der Waals surface area (Å²) in [5, 5.41) is 2.70. The molecule has 8 nitrogen and oxygen atoms in total. The van der Waals surface area contributed by atoms with E-state index in [2.05, 4.69) is 5.32 Å². The number of carbonyl (C=O) groups is 2. The molecule has 224 valence electrons. The minimum absolute atomic E-state index is 0.0340. The van der Waals surface area contributed by atoms with Gasteiger partial charge in [0.15, 0.2) is 0 Å². The zero-order valence-electron chi connectivity index (χ0n) is 24.6. The van der Waals surface area contributed by atoms with E-state index in [0.717, 1.165) is 21.0 Å². The van der Waals surface area contributed by atoms with Crippen LogP contribution in [0.15, 0.2) is 114 Å². The molecule has 2 amide bonds. The minimum atomic E-state index is -4.21. The Balaban J connectivity index is 1.82. The molecule has 4 aromatic rings. The molecule has 0 aromatic heterocycles. The first-order valence-corrected chi connectivity index (χ1v) is 15.6. The Labute approximate surface area is 254 Å². The van der Waals surface area contributed by atoms with Crippen LogP contribution in [-0.2, 0) is 32.6 Å². The van der Waals surface area contributed by atoms with Crippen molar-refractivity contribution in [3.63, 3.8) is 0 Å². The molecule has 0 aliphatic carbocycles. The first-order chi connectivity index (χ1) is 20.8. The highest BCUT2D eigenvalue weighted by Gasteiger charge is 2.35. The topological polar surface area (TPSA) is 96.0 Å². The van der Waals surface area contributed by atoms with Gasteiger partial charge in [0.2, 0.25) is 11.8 Å². The fourth-order valence-electron chi connectivity index (χ4n) is 4.87. The number of hydrogen-bond acceptors (Lipinski definition) is 5. The number of likely N-dealkylation sites (N-methyl/N-ethyl adjacent to an activating group) is 1. The summed E-state index contributed by atoms with van der Waals surface area (Å²) >= 11 is 0. The average molecular weight is 600 g/mol. The van der Waals surface area contributed by atoms with Gasteiger partial charge in [-0.15, -0.1) is 0 Å². The fourth-order valence-corrected chi connectivity index (χ4v) is 6.31. The maximum absolute atomic E-state index is 14.4. The molecule has 1 atom stereocenters. The van der Waals surface area contributed by atoms with Crippen molar-refractivity contribution in [2.24, 2.45) is 0 Å². The molecule has 0 radical (unpaired) electrons. The number of sulfonamides is 1. The van der Waals surface area contributed by atoms with Crippen LogP contribution in [0.2, 0.25) is 0 Å². The maximum atomic E-state index is 14.4. The lowest BCUT2D eigenvalue weighted by atomic mass is 10.0. The SMILES string of the molecule is CCOc1ccccc1N(CC(=O)N(Cc1ccccc1C)[C@H](Cc1ccccc1)C(=O)NC)S(=O)(=O)c1ccccc1. The van der Waals surface area contributed by atoms with Gasteiger partial charge < -0.3 is 15.0 Å².